The molecule has 0 bridgehead atoms. The number of carbonyl (C=O) groups excluding carboxylic acids is 2. The minimum absolute atomic E-state index is 0.128. The topological polar surface area (TPSA) is 54.4 Å². The molecule has 0 aliphatic rings. The molecule has 0 spiro atoms. The zero-order chi connectivity index (χ0) is 14.4. The van der Waals surface area contributed by atoms with Crippen molar-refractivity contribution in [2.24, 2.45) is 0 Å². The Morgan fingerprint density at radius 2 is 1.35 bits per heavy atom. The minimum Gasteiger partial charge on any atom is -0.507 e. The molecule has 0 saturated heterocycles. The number of aliphatic hydroxyl groups is 1. The van der Waals surface area contributed by atoms with Gasteiger partial charge in [0.05, 0.1) is 6.42 Å². The number of hydrogen-bond donors (Lipinski definition) is 1. The second kappa shape index (κ2) is 6.48. The Morgan fingerprint density at radius 3 is 1.90 bits per heavy atom. The maximum Gasteiger partial charge on any atom is 0.170 e. The first-order chi connectivity index (χ1) is 9.66. The quantitative estimate of drug-likeness (QED) is 0.390. The van der Waals surface area contributed by atoms with E-state index in [4.69, 9.17) is 0 Å². The Labute approximate surface area is 117 Å². The highest BCUT2D eigenvalue weighted by Gasteiger charge is 2.11. The van der Waals surface area contributed by atoms with Crippen molar-refractivity contribution >= 4 is 17.3 Å². The molecule has 0 saturated carbocycles. The highest BCUT2D eigenvalue weighted by molar-refractivity contribution is 6.12. The van der Waals surface area contributed by atoms with Gasteiger partial charge in [0.1, 0.15) is 5.76 Å². The summed E-state index contributed by atoms with van der Waals surface area (Å²) in [6.07, 6.45) is 0.844. The number of aliphatic hydroxyl groups excluding tert-OH is 1. The summed E-state index contributed by atoms with van der Waals surface area (Å²) in [5, 5.41) is 9.80. The van der Waals surface area contributed by atoms with Crippen molar-refractivity contribution in [1.82, 2.24) is 0 Å². The first-order valence-electron chi connectivity index (χ1n) is 6.24. The summed E-state index contributed by atoms with van der Waals surface area (Å²) in [5.41, 5.74) is 1.04. The van der Waals surface area contributed by atoms with Gasteiger partial charge in [0.2, 0.25) is 0 Å². The van der Waals surface area contributed by atoms with Gasteiger partial charge in [-0.2, -0.15) is 0 Å². The van der Waals surface area contributed by atoms with Crippen LogP contribution in [0.4, 0.5) is 0 Å². The van der Waals surface area contributed by atoms with Crippen molar-refractivity contribution in [3.63, 3.8) is 0 Å². The molecule has 0 aliphatic heterocycles. The van der Waals surface area contributed by atoms with E-state index in [0.717, 1.165) is 6.08 Å². The van der Waals surface area contributed by atoms with Crippen LogP contribution < -0.4 is 0 Å². The predicted molar refractivity (Wildman–Crippen MR) is 77.4 cm³/mol. The summed E-state index contributed by atoms with van der Waals surface area (Å²) >= 11 is 0. The second-order valence-corrected chi connectivity index (χ2v) is 4.33. The summed E-state index contributed by atoms with van der Waals surface area (Å²) in [5.74, 6) is -0.802. The molecule has 0 unspecified atom stereocenters. The molecule has 1 N–H and O–H groups in total. The van der Waals surface area contributed by atoms with E-state index in [-0.39, 0.29) is 18.0 Å². The fourth-order valence-corrected chi connectivity index (χ4v) is 1.78. The third kappa shape index (κ3) is 3.65. The molecule has 0 aromatic heterocycles. The van der Waals surface area contributed by atoms with Crippen molar-refractivity contribution < 1.29 is 14.7 Å². The Hall–Kier alpha value is -2.68. The number of benzene rings is 2. The van der Waals surface area contributed by atoms with Crippen LogP contribution in [-0.4, -0.2) is 16.7 Å². The molecule has 0 heterocycles. The molecule has 100 valence electrons. The number of hydrogen-bond acceptors (Lipinski definition) is 3. The lowest BCUT2D eigenvalue weighted by molar-refractivity contribution is -0.113. The maximum absolute atomic E-state index is 11.8. The monoisotopic (exact) mass is 266 g/mol. The summed E-state index contributed by atoms with van der Waals surface area (Å²) in [4.78, 5) is 23.6. The Balaban J connectivity index is 2.04. The first-order valence-corrected chi connectivity index (χ1v) is 6.24. The van der Waals surface area contributed by atoms with Crippen molar-refractivity contribution in [1.29, 1.82) is 0 Å². The van der Waals surface area contributed by atoms with E-state index in [9.17, 15) is 14.7 Å². The zero-order valence-electron chi connectivity index (χ0n) is 10.8. The van der Waals surface area contributed by atoms with Gasteiger partial charge in [0.15, 0.2) is 11.6 Å². The highest BCUT2D eigenvalue weighted by Crippen LogP contribution is 2.11. The molecule has 3 nitrogen and oxygen atoms in total. The SMILES string of the molecule is O=C(C=C(O)c1ccccc1)CC(=O)c1ccccc1. The van der Waals surface area contributed by atoms with Crippen LogP contribution in [0.15, 0.2) is 66.7 Å². The summed E-state index contributed by atoms with van der Waals surface area (Å²) in [6.45, 7) is 0. The van der Waals surface area contributed by atoms with Crippen molar-refractivity contribution in [3.05, 3.63) is 77.9 Å². The Kier molecular flexibility index (Phi) is 4.45. The first kappa shape index (κ1) is 13.7. The Morgan fingerprint density at radius 1 is 0.850 bits per heavy atom. The molecular formula is C17H14O3. The molecule has 2 aromatic rings. The van der Waals surface area contributed by atoms with Gasteiger partial charge >= 0.3 is 0 Å². The van der Waals surface area contributed by atoms with Crippen LogP contribution in [0.3, 0.4) is 0 Å². The molecule has 0 fully saturated rings. The molecular weight excluding hydrogens is 252 g/mol. The standard InChI is InChI=1S/C17H14O3/c18-15(11-16(19)13-7-3-1-4-8-13)12-17(20)14-9-5-2-6-10-14/h1-11,19H,12H2. The van der Waals surface area contributed by atoms with Gasteiger partial charge in [-0.3, -0.25) is 9.59 Å². The maximum atomic E-state index is 11.8. The lowest BCUT2D eigenvalue weighted by atomic mass is 10.0. The van der Waals surface area contributed by atoms with Crippen LogP contribution in [0, 0.1) is 0 Å². The number of carbonyl (C=O) groups is 2. The average Bonchev–Trinajstić information content (AvgIpc) is 2.49. The smallest absolute Gasteiger partial charge is 0.170 e. The Bertz CT molecular complexity index is 628. The van der Waals surface area contributed by atoms with Gasteiger partial charge in [-0.05, 0) is 0 Å². The van der Waals surface area contributed by atoms with Crippen LogP contribution in [0.5, 0.6) is 0 Å². The molecule has 0 atom stereocenters. The fourth-order valence-electron chi connectivity index (χ4n) is 1.78. The summed E-state index contributed by atoms with van der Waals surface area (Å²) in [6, 6.07) is 17.3. The van der Waals surface area contributed by atoms with Crippen LogP contribution >= 0.6 is 0 Å². The summed E-state index contributed by atoms with van der Waals surface area (Å²) in [7, 11) is 0. The predicted octanol–water partition coefficient (Wildman–Crippen LogP) is 3.43. The molecule has 2 aromatic carbocycles. The molecule has 3 heteroatoms. The van der Waals surface area contributed by atoms with Crippen molar-refractivity contribution in [2.75, 3.05) is 0 Å². The number of ketones is 2. The van der Waals surface area contributed by atoms with E-state index in [2.05, 4.69) is 0 Å². The fraction of sp³-hybridized carbons (Fsp3) is 0.0588. The minimum atomic E-state index is -0.416. The van der Waals surface area contributed by atoms with Crippen LogP contribution in [0.1, 0.15) is 22.3 Å². The zero-order valence-corrected chi connectivity index (χ0v) is 10.8. The van der Waals surface area contributed by atoms with Crippen molar-refractivity contribution in [3.8, 4) is 0 Å². The van der Waals surface area contributed by atoms with Gasteiger partial charge in [-0.1, -0.05) is 60.7 Å². The van der Waals surface area contributed by atoms with E-state index < -0.39 is 5.78 Å². The number of Topliss-reactive ketones (excluding diaryl/α,β-unsaturated/α-hetero) is 1. The normalized spacial score (nSPS) is 11.1. The number of allylic oxidation sites excluding steroid dienone is 1. The lowest BCUT2D eigenvalue weighted by Crippen LogP contribution is -2.06. The summed E-state index contributed by atoms with van der Waals surface area (Å²) < 4.78 is 0. The number of rotatable bonds is 5. The van der Waals surface area contributed by atoms with Gasteiger partial charge in [-0.25, -0.2) is 0 Å². The van der Waals surface area contributed by atoms with E-state index >= 15 is 0 Å². The molecule has 0 amide bonds. The largest absolute Gasteiger partial charge is 0.507 e. The average molecular weight is 266 g/mol. The van der Waals surface area contributed by atoms with Gasteiger partial charge in [0, 0.05) is 17.2 Å². The van der Waals surface area contributed by atoms with E-state index in [0.29, 0.717) is 11.1 Å². The van der Waals surface area contributed by atoms with Crippen LogP contribution in [0.25, 0.3) is 5.76 Å². The molecule has 0 aliphatic carbocycles. The third-order valence-electron chi connectivity index (χ3n) is 2.80. The van der Waals surface area contributed by atoms with Crippen LogP contribution in [0.2, 0.25) is 0 Å². The third-order valence-corrected chi connectivity index (χ3v) is 2.80. The van der Waals surface area contributed by atoms with E-state index in [1.807, 2.05) is 6.07 Å². The second-order valence-electron chi connectivity index (χ2n) is 4.33. The molecule has 0 radical (unpaired) electrons. The van der Waals surface area contributed by atoms with Gasteiger partial charge in [-0.15, -0.1) is 0 Å². The molecule has 20 heavy (non-hydrogen) atoms. The van der Waals surface area contributed by atoms with Crippen molar-refractivity contribution in [2.45, 2.75) is 6.42 Å². The van der Waals surface area contributed by atoms with E-state index in [1.54, 1.807) is 54.6 Å². The van der Waals surface area contributed by atoms with Gasteiger partial charge in [0.25, 0.3) is 0 Å². The highest BCUT2D eigenvalue weighted by atomic mass is 16.3. The molecule has 2 rings (SSSR count). The van der Waals surface area contributed by atoms with Crippen LogP contribution in [-0.2, 0) is 4.79 Å². The van der Waals surface area contributed by atoms with Gasteiger partial charge < -0.3 is 5.11 Å². The lowest BCUT2D eigenvalue weighted by Gasteiger charge is -2.00. The van der Waals surface area contributed by atoms with E-state index in [1.165, 1.54) is 0 Å².